The van der Waals surface area contributed by atoms with Crippen molar-refractivity contribution in [3.8, 4) is 0 Å². The lowest BCUT2D eigenvalue weighted by atomic mass is 10.1. The number of hydrogen-bond donors (Lipinski definition) is 1. The van der Waals surface area contributed by atoms with Crippen molar-refractivity contribution in [2.45, 2.75) is 25.9 Å². The molecule has 0 radical (unpaired) electrons. The summed E-state index contributed by atoms with van der Waals surface area (Å²) in [6, 6.07) is 15.6. The number of thiazole rings is 1. The fraction of sp³-hybridized carbons (Fsp3) is 0.300. The highest BCUT2D eigenvalue weighted by molar-refractivity contribution is 7.18. The van der Waals surface area contributed by atoms with Crippen molar-refractivity contribution in [3.63, 3.8) is 0 Å². The van der Waals surface area contributed by atoms with Gasteiger partial charge in [-0.3, -0.25) is 9.69 Å². The van der Waals surface area contributed by atoms with Gasteiger partial charge in [0.15, 0.2) is 0 Å². The molecule has 0 unspecified atom stereocenters. The third kappa shape index (κ3) is 4.23. The minimum Gasteiger partial charge on any atom is -0.348 e. The van der Waals surface area contributed by atoms with Crippen LogP contribution in [-0.4, -0.2) is 29.4 Å². The Labute approximate surface area is 162 Å². The van der Waals surface area contributed by atoms with Crippen LogP contribution in [0, 0.1) is 0 Å². The molecule has 0 saturated heterocycles. The number of nitrogens with zero attached hydrogens (tertiary/aromatic N) is 2. The molecule has 4 nitrogen and oxygen atoms in total. The zero-order valence-corrected chi connectivity index (χ0v) is 16.6. The molecule has 0 saturated carbocycles. The molecule has 2 aromatic carbocycles. The number of fused-ring (bicyclic) bond motifs is 1. The summed E-state index contributed by atoms with van der Waals surface area (Å²) < 4.78 is 1.17. The maximum atomic E-state index is 12.4. The van der Waals surface area contributed by atoms with Crippen LogP contribution < -0.4 is 5.32 Å². The van der Waals surface area contributed by atoms with Gasteiger partial charge in [-0.1, -0.05) is 41.9 Å². The smallest absolute Gasteiger partial charge is 0.234 e. The molecule has 1 aromatic heterocycles. The topological polar surface area (TPSA) is 45.2 Å². The van der Waals surface area contributed by atoms with Crippen molar-refractivity contribution in [2.75, 3.05) is 13.6 Å². The molecule has 0 spiro atoms. The number of nitrogens with one attached hydrogen (secondary N) is 1. The zero-order chi connectivity index (χ0) is 18.7. The molecule has 136 valence electrons. The van der Waals surface area contributed by atoms with Gasteiger partial charge in [0.05, 0.1) is 28.8 Å². The molecule has 1 amide bonds. The quantitative estimate of drug-likeness (QED) is 0.659. The summed E-state index contributed by atoms with van der Waals surface area (Å²) in [4.78, 5) is 19.1. The number of para-hydroxylation sites is 1. The predicted molar refractivity (Wildman–Crippen MR) is 109 cm³/mol. The lowest BCUT2D eigenvalue weighted by molar-refractivity contribution is -0.123. The highest BCUT2D eigenvalue weighted by Crippen LogP contribution is 2.28. The Balaban J connectivity index is 1.62. The molecular weight excluding hydrogens is 366 g/mol. The molecular formula is C20H22ClN3OS. The van der Waals surface area contributed by atoms with Gasteiger partial charge in [0.25, 0.3) is 0 Å². The van der Waals surface area contributed by atoms with E-state index >= 15 is 0 Å². The lowest BCUT2D eigenvalue weighted by Crippen LogP contribution is -2.37. The van der Waals surface area contributed by atoms with E-state index in [0.29, 0.717) is 11.6 Å². The first-order valence-corrected chi connectivity index (χ1v) is 9.74. The third-order valence-corrected chi connectivity index (χ3v) is 6.02. The summed E-state index contributed by atoms with van der Waals surface area (Å²) in [6.45, 7) is 4.31. The van der Waals surface area contributed by atoms with E-state index in [9.17, 15) is 4.79 Å². The number of rotatable bonds is 6. The maximum Gasteiger partial charge on any atom is 0.234 e. The molecule has 0 bridgehead atoms. The van der Waals surface area contributed by atoms with Gasteiger partial charge in [-0.05, 0) is 44.7 Å². The highest BCUT2D eigenvalue weighted by atomic mass is 35.5. The summed E-state index contributed by atoms with van der Waals surface area (Å²) in [5.74, 6) is -0.0344. The molecule has 1 heterocycles. The minimum atomic E-state index is -0.137. The van der Waals surface area contributed by atoms with E-state index in [-0.39, 0.29) is 18.0 Å². The van der Waals surface area contributed by atoms with Crippen molar-refractivity contribution >= 4 is 39.1 Å². The molecule has 0 aliphatic rings. The number of hydrogen-bond acceptors (Lipinski definition) is 4. The predicted octanol–water partition coefficient (Wildman–Crippen LogP) is 4.82. The van der Waals surface area contributed by atoms with Crippen LogP contribution >= 0.6 is 22.9 Å². The van der Waals surface area contributed by atoms with Crippen molar-refractivity contribution in [1.82, 2.24) is 15.2 Å². The first kappa shape index (κ1) is 18.8. The molecule has 3 aromatic rings. The Hall–Kier alpha value is -1.95. The molecule has 1 N–H and O–H groups in total. The van der Waals surface area contributed by atoms with Crippen LogP contribution in [0.5, 0.6) is 0 Å². The molecule has 6 heteroatoms. The summed E-state index contributed by atoms with van der Waals surface area (Å²) in [7, 11) is 1.94. The Morgan fingerprint density at radius 2 is 1.88 bits per heavy atom. The standard InChI is InChI=1S/C20H22ClN3OS/c1-13(15-8-4-5-9-16(15)21)22-19(25)12-24(3)14(2)20-23-17-10-6-7-11-18(17)26-20/h4-11,13-14H,12H2,1-3H3,(H,22,25)/t13-,14-/m0/s1. The SMILES string of the molecule is C[C@H](NC(=O)CN(C)[C@@H](C)c1nc2ccccc2s1)c1ccccc1Cl. The summed E-state index contributed by atoms with van der Waals surface area (Å²) in [6.07, 6.45) is 0. The van der Waals surface area contributed by atoms with Crippen LogP contribution in [-0.2, 0) is 4.79 Å². The number of benzene rings is 2. The van der Waals surface area contributed by atoms with Gasteiger partial charge >= 0.3 is 0 Å². The fourth-order valence-corrected chi connectivity index (χ4v) is 4.20. The van der Waals surface area contributed by atoms with Gasteiger partial charge < -0.3 is 5.32 Å². The fourth-order valence-electron chi connectivity index (χ4n) is 2.81. The first-order valence-electron chi connectivity index (χ1n) is 8.55. The molecule has 26 heavy (non-hydrogen) atoms. The van der Waals surface area contributed by atoms with Crippen LogP contribution in [0.2, 0.25) is 5.02 Å². The number of carbonyl (C=O) groups excluding carboxylic acids is 1. The second kappa shape index (κ2) is 8.16. The van der Waals surface area contributed by atoms with E-state index in [0.717, 1.165) is 16.1 Å². The minimum absolute atomic E-state index is 0.0344. The van der Waals surface area contributed by atoms with E-state index in [1.54, 1.807) is 11.3 Å². The van der Waals surface area contributed by atoms with E-state index in [1.807, 2.05) is 61.3 Å². The average molecular weight is 388 g/mol. The maximum absolute atomic E-state index is 12.4. The molecule has 3 rings (SSSR count). The van der Waals surface area contributed by atoms with Crippen LogP contribution in [0.3, 0.4) is 0 Å². The van der Waals surface area contributed by atoms with Crippen molar-refractivity contribution in [3.05, 3.63) is 64.1 Å². The second-order valence-corrected chi connectivity index (χ2v) is 7.89. The van der Waals surface area contributed by atoms with Crippen molar-refractivity contribution < 1.29 is 4.79 Å². The first-order chi connectivity index (χ1) is 12.5. The Morgan fingerprint density at radius 1 is 1.19 bits per heavy atom. The van der Waals surface area contributed by atoms with E-state index in [4.69, 9.17) is 11.6 Å². The van der Waals surface area contributed by atoms with E-state index in [2.05, 4.69) is 23.3 Å². The molecule has 0 fully saturated rings. The van der Waals surface area contributed by atoms with Crippen LogP contribution in [0.1, 0.15) is 36.5 Å². The molecule has 0 aliphatic carbocycles. The third-order valence-electron chi connectivity index (χ3n) is 4.47. The van der Waals surface area contributed by atoms with Gasteiger partial charge in [-0.2, -0.15) is 0 Å². The second-order valence-electron chi connectivity index (χ2n) is 6.42. The van der Waals surface area contributed by atoms with E-state index < -0.39 is 0 Å². The Morgan fingerprint density at radius 3 is 2.62 bits per heavy atom. The monoisotopic (exact) mass is 387 g/mol. The molecule has 2 atom stereocenters. The summed E-state index contributed by atoms with van der Waals surface area (Å²) >= 11 is 7.88. The van der Waals surface area contributed by atoms with Gasteiger partial charge in [0.1, 0.15) is 5.01 Å². The van der Waals surface area contributed by atoms with E-state index in [1.165, 1.54) is 4.70 Å². The van der Waals surface area contributed by atoms with Gasteiger partial charge in [0.2, 0.25) is 5.91 Å². The number of likely N-dealkylation sites (N-methyl/N-ethyl adjacent to an activating group) is 1. The number of aromatic nitrogens is 1. The van der Waals surface area contributed by atoms with Crippen LogP contribution in [0.25, 0.3) is 10.2 Å². The lowest BCUT2D eigenvalue weighted by Gasteiger charge is -2.23. The Bertz CT molecular complexity index is 878. The van der Waals surface area contributed by atoms with Crippen LogP contribution in [0.15, 0.2) is 48.5 Å². The van der Waals surface area contributed by atoms with Gasteiger partial charge in [-0.25, -0.2) is 4.98 Å². The Kier molecular flexibility index (Phi) is 5.91. The zero-order valence-electron chi connectivity index (χ0n) is 15.1. The highest BCUT2D eigenvalue weighted by Gasteiger charge is 2.20. The van der Waals surface area contributed by atoms with Gasteiger partial charge in [0, 0.05) is 5.02 Å². The van der Waals surface area contributed by atoms with Crippen molar-refractivity contribution in [2.24, 2.45) is 0 Å². The normalized spacial score (nSPS) is 13.7. The number of amides is 1. The average Bonchev–Trinajstić information content (AvgIpc) is 3.05. The molecule has 0 aliphatic heterocycles. The van der Waals surface area contributed by atoms with Crippen LogP contribution in [0.4, 0.5) is 0 Å². The summed E-state index contributed by atoms with van der Waals surface area (Å²) in [5.41, 5.74) is 1.92. The number of carbonyl (C=O) groups is 1. The number of halogens is 1. The summed E-state index contributed by atoms with van der Waals surface area (Å²) in [5, 5.41) is 4.70. The van der Waals surface area contributed by atoms with Crippen molar-refractivity contribution in [1.29, 1.82) is 0 Å². The van der Waals surface area contributed by atoms with Gasteiger partial charge in [-0.15, -0.1) is 11.3 Å². The largest absolute Gasteiger partial charge is 0.348 e.